The molecule has 1 aromatic heterocycles. The van der Waals surface area contributed by atoms with Crippen LogP contribution in [0, 0.1) is 23.2 Å². The third-order valence-corrected chi connectivity index (χ3v) is 8.95. The van der Waals surface area contributed by atoms with Gasteiger partial charge in [0.2, 0.25) is 0 Å². The molecule has 2 fully saturated rings. The van der Waals surface area contributed by atoms with Crippen LogP contribution in [0.1, 0.15) is 55.5 Å². The average molecular weight is 507 g/mol. The number of ketones is 1. The Hall–Kier alpha value is -3.39. The van der Waals surface area contributed by atoms with Crippen molar-refractivity contribution in [2.45, 2.75) is 57.8 Å². The van der Waals surface area contributed by atoms with Gasteiger partial charge in [0.05, 0.1) is 18.1 Å². The van der Waals surface area contributed by atoms with E-state index in [-0.39, 0.29) is 41.2 Å². The van der Waals surface area contributed by atoms with Crippen LogP contribution in [0.4, 0.5) is 0 Å². The Balaban J connectivity index is 1.40. The molecule has 194 valence electrons. The van der Waals surface area contributed by atoms with Gasteiger partial charge >= 0.3 is 11.9 Å². The molecule has 2 heterocycles. The lowest BCUT2D eigenvalue weighted by atomic mass is 9.53. The standard InChI is InChI=1S/C29H30O8/c1-4-35-25-21-20(17-10-12-34-13-17)15(3)24(31)23(21)29-11-9-19(14(2)22(29)26(25)37-28(29)33)36-27(32)16-5-7-18(30)8-6-16/h5-8,10,12-15,19-20,22,25-26,30H,4,9,11H2,1-3H3/t14-,15-,19+,20+,22+,25-,26-,29+/m0/s1. The monoisotopic (exact) mass is 506 g/mol. The maximum absolute atomic E-state index is 13.9. The van der Waals surface area contributed by atoms with E-state index in [0.29, 0.717) is 30.6 Å². The van der Waals surface area contributed by atoms with Crippen molar-refractivity contribution in [1.82, 2.24) is 0 Å². The summed E-state index contributed by atoms with van der Waals surface area (Å²) in [5.41, 5.74) is 1.55. The van der Waals surface area contributed by atoms with E-state index in [9.17, 15) is 19.5 Å². The molecule has 4 aliphatic rings. The molecular formula is C29H30O8. The van der Waals surface area contributed by atoms with Crippen molar-refractivity contribution in [2.75, 3.05) is 6.61 Å². The van der Waals surface area contributed by atoms with Crippen molar-refractivity contribution in [2.24, 2.45) is 23.2 Å². The number of phenols is 1. The number of Topliss-reactive ketones (excluding diaryl/α,β-unsaturated/α-hetero) is 1. The number of esters is 2. The summed E-state index contributed by atoms with van der Waals surface area (Å²) in [5, 5.41) is 9.54. The lowest BCUT2D eigenvalue weighted by Gasteiger charge is -2.49. The van der Waals surface area contributed by atoms with E-state index in [1.807, 2.05) is 26.8 Å². The van der Waals surface area contributed by atoms with Crippen molar-refractivity contribution < 1.29 is 38.1 Å². The molecule has 6 rings (SSSR count). The van der Waals surface area contributed by atoms with Gasteiger partial charge in [-0.25, -0.2) is 4.79 Å². The van der Waals surface area contributed by atoms with Crippen LogP contribution in [0.5, 0.6) is 5.75 Å². The Bertz CT molecular complexity index is 1280. The number of hydrogen-bond acceptors (Lipinski definition) is 8. The summed E-state index contributed by atoms with van der Waals surface area (Å²) in [4.78, 5) is 40.5. The van der Waals surface area contributed by atoms with Gasteiger partial charge < -0.3 is 23.7 Å². The van der Waals surface area contributed by atoms with Gasteiger partial charge in [0.15, 0.2) is 5.78 Å². The SMILES string of the molecule is CCO[C@H]1C2=C(C(=O)[C@@H](C)[C@@H]2c2ccoc2)[C@@]23CC[C@@H](OC(=O)c4ccc(O)cc4)[C@H](C)[C@@H]2[C@@H]1OC3=O. The molecule has 1 aliphatic heterocycles. The quantitative estimate of drug-likeness (QED) is 0.601. The van der Waals surface area contributed by atoms with E-state index >= 15 is 0 Å². The first-order valence-electron chi connectivity index (χ1n) is 12.9. The van der Waals surface area contributed by atoms with E-state index in [4.69, 9.17) is 18.6 Å². The van der Waals surface area contributed by atoms with Crippen LogP contribution in [0.3, 0.4) is 0 Å². The molecule has 0 amide bonds. The van der Waals surface area contributed by atoms with Gasteiger partial charge in [-0.1, -0.05) is 13.8 Å². The third-order valence-electron chi connectivity index (χ3n) is 8.95. The molecule has 1 saturated carbocycles. The molecule has 37 heavy (non-hydrogen) atoms. The zero-order chi connectivity index (χ0) is 26.1. The molecule has 1 saturated heterocycles. The van der Waals surface area contributed by atoms with E-state index < -0.39 is 29.7 Å². The molecule has 8 atom stereocenters. The third kappa shape index (κ3) is 3.27. The number of carbonyl (C=O) groups excluding carboxylic acids is 3. The number of hydrogen-bond donors (Lipinski definition) is 1. The van der Waals surface area contributed by atoms with Gasteiger partial charge in [0.1, 0.15) is 29.5 Å². The van der Waals surface area contributed by atoms with Crippen LogP contribution in [0.2, 0.25) is 0 Å². The maximum atomic E-state index is 13.9. The molecule has 2 aromatic rings. The van der Waals surface area contributed by atoms with Crippen LogP contribution in [-0.4, -0.2) is 47.7 Å². The topological polar surface area (TPSA) is 112 Å². The minimum atomic E-state index is -1.07. The van der Waals surface area contributed by atoms with Crippen LogP contribution >= 0.6 is 0 Å². The highest BCUT2D eigenvalue weighted by molar-refractivity contribution is 6.09. The largest absolute Gasteiger partial charge is 0.508 e. The van der Waals surface area contributed by atoms with Gasteiger partial charge in [-0.3, -0.25) is 9.59 Å². The van der Waals surface area contributed by atoms with Crippen LogP contribution in [-0.2, 0) is 23.8 Å². The van der Waals surface area contributed by atoms with Crippen LogP contribution in [0.25, 0.3) is 0 Å². The van der Waals surface area contributed by atoms with Gasteiger partial charge in [0.25, 0.3) is 0 Å². The number of furan rings is 1. The predicted molar refractivity (Wildman–Crippen MR) is 130 cm³/mol. The highest BCUT2D eigenvalue weighted by Gasteiger charge is 2.72. The molecule has 2 bridgehead atoms. The molecule has 0 radical (unpaired) electrons. The number of phenolic OH excluding ortho intramolecular Hbond substituents is 1. The number of carbonyl (C=O) groups is 3. The van der Waals surface area contributed by atoms with E-state index in [2.05, 4.69) is 0 Å². The first kappa shape index (κ1) is 24.0. The van der Waals surface area contributed by atoms with E-state index in [1.165, 1.54) is 24.3 Å². The number of rotatable bonds is 5. The summed E-state index contributed by atoms with van der Waals surface area (Å²) in [6.07, 6.45) is 2.44. The average Bonchev–Trinajstić information content (AvgIpc) is 3.55. The van der Waals surface area contributed by atoms with Crippen molar-refractivity contribution in [1.29, 1.82) is 0 Å². The number of aromatic hydroxyl groups is 1. The van der Waals surface area contributed by atoms with Crippen molar-refractivity contribution in [3.63, 3.8) is 0 Å². The van der Waals surface area contributed by atoms with E-state index in [0.717, 1.165) is 11.1 Å². The minimum absolute atomic E-state index is 0.0417. The Morgan fingerprint density at radius 1 is 1.16 bits per heavy atom. The Kier molecular flexibility index (Phi) is 5.56. The minimum Gasteiger partial charge on any atom is -0.508 e. The van der Waals surface area contributed by atoms with Gasteiger partial charge in [0, 0.05) is 35.9 Å². The Morgan fingerprint density at radius 2 is 1.92 bits per heavy atom. The molecule has 1 N–H and O–H groups in total. The lowest BCUT2D eigenvalue weighted by molar-refractivity contribution is -0.150. The van der Waals surface area contributed by atoms with Crippen LogP contribution in [0.15, 0.2) is 58.4 Å². The summed E-state index contributed by atoms with van der Waals surface area (Å²) in [5.74, 6) is -2.05. The fraction of sp³-hybridized carbons (Fsp3) is 0.483. The highest BCUT2D eigenvalue weighted by atomic mass is 16.6. The van der Waals surface area contributed by atoms with Crippen LogP contribution < -0.4 is 0 Å². The number of benzene rings is 1. The predicted octanol–water partition coefficient (Wildman–Crippen LogP) is 4.19. The zero-order valence-electron chi connectivity index (χ0n) is 21.0. The normalized spacial score (nSPS) is 36.2. The van der Waals surface area contributed by atoms with Crippen molar-refractivity contribution in [3.8, 4) is 5.75 Å². The molecule has 0 spiro atoms. The summed E-state index contributed by atoms with van der Waals surface area (Å²) >= 11 is 0. The molecule has 3 aliphatic carbocycles. The fourth-order valence-corrected chi connectivity index (χ4v) is 7.42. The number of ether oxygens (including phenoxy) is 3. The molecule has 0 unspecified atom stereocenters. The molecule has 8 heteroatoms. The molecule has 8 nitrogen and oxygen atoms in total. The van der Waals surface area contributed by atoms with Crippen molar-refractivity contribution in [3.05, 3.63) is 65.1 Å². The fourth-order valence-electron chi connectivity index (χ4n) is 7.42. The first-order chi connectivity index (χ1) is 17.8. The van der Waals surface area contributed by atoms with E-state index in [1.54, 1.807) is 12.5 Å². The zero-order valence-corrected chi connectivity index (χ0v) is 21.0. The summed E-state index contributed by atoms with van der Waals surface area (Å²) in [6, 6.07) is 7.77. The second kappa shape index (κ2) is 8.58. The Morgan fingerprint density at radius 3 is 2.59 bits per heavy atom. The highest BCUT2D eigenvalue weighted by Crippen LogP contribution is 2.66. The molecular weight excluding hydrogens is 476 g/mol. The summed E-state index contributed by atoms with van der Waals surface area (Å²) in [7, 11) is 0. The second-order valence-electron chi connectivity index (χ2n) is 10.6. The Labute approximate surface area is 214 Å². The maximum Gasteiger partial charge on any atom is 0.338 e. The first-order valence-corrected chi connectivity index (χ1v) is 12.9. The molecule has 1 aromatic carbocycles. The van der Waals surface area contributed by atoms with Crippen molar-refractivity contribution >= 4 is 17.7 Å². The summed E-state index contributed by atoms with van der Waals surface area (Å²) < 4.78 is 23.6. The summed E-state index contributed by atoms with van der Waals surface area (Å²) in [6.45, 7) is 6.15. The van der Waals surface area contributed by atoms with Gasteiger partial charge in [-0.15, -0.1) is 0 Å². The smallest absolute Gasteiger partial charge is 0.338 e. The van der Waals surface area contributed by atoms with Gasteiger partial charge in [-0.2, -0.15) is 0 Å². The van der Waals surface area contributed by atoms with Gasteiger partial charge in [-0.05, 0) is 61.2 Å². The second-order valence-corrected chi connectivity index (χ2v) is 10.6. The lowest BCUT2D eigenvalue weighted by Crippen LogP contribution is -2.55.